The van der Waals surface area contributed by atoms with E-state index in [1.165, 1.54) is 30.1 Å². The lowest BCUT2D eigenvalue weighted by molar-refractivity contribution is -0.384. The van der Waals surface area contributed by atoms with Crippen LogP contribution < -0.4 is 4.74 Å². The minimum Gasteiger partial charge on any atom is -0.504 e. The highest BCUT2D eigenvalue weighted by molar-refractivity contribution is 6.03. The van der Waals surface area contributed by atoms with Crippen LogP contribution in [0.3, 0.4) is 0 Å². The Balaban J connectivity index is 1.60. The summed E-state index contributed by atoms with van der Waals surface area (Å²) in [5.41, 5.74) is 1.80. The van der Waals surface area contributed by atoms with Crippen molar-refractivity contribution in [2.24, 2.45) is 5.10 Å². The molecule has 4 rings (SSSR count). The van der Waals surface area contributed by atoms with Crippen LogP contribution in [0.5, 0.6) is 17.2 Å². The van der Waals surface area contributed by atoms with Crippen LogP contribution in [-0.2, 0) is 4.79 Å². The molecule has 31 heavy (non-hydrogen) atoms. The van der Waals surface area contributed by atoms with Crippen LogP contribution in [0.4, 0.5) is 5.69 Å². The van der Waals surface area contributed by atoms with Crippen LogP contribution in [0, 0.1) is 10.1 Å². The van der Waals surface area contributed by atoms with E-state index in [9.17, 15) is 20.0 Å². The van der Waals surface area contributed by atoms with Gasteiger partial charge in [0.25, 0.3) is 5.69 Å². The fourth-order valence-corrected chi connectivity index (χ4v) is 3.48. The molecule has 1 amide bonds. The second-order valence-corrected chi connectivity index (χ2v) is 7.08. The van der Waals surface area contributed by atoms with Gasteiger partial charge in [0.2, 0.25) is 5.91 Å². The zero-order chi connectivity index (χ0) is 22.0. The van der Waals surface area contributed by atoms with Crippen molar-refractivity contribution in [1.82, 2.24) is 5.01 Å². The van der Waals surface area contributed by atoms with E-state index in [4.69, 9.17) is 4.74 Å². The number of amides is 1. The molecule has 0 fully saturated rings. The number of carbonyl (C=O) groups is 1. The number of hydrogen-bond acceptors (Lipinski definition) is 6. The van der Waals surface area contributed by atoms with Gasteiger partial charge < -0.3 is 9.84 Å². The van der Waals surface area contributed by atoms with E-state index in [1.54, 1.807) is 36.4 Å². The second-order valence-electron chi connectivity index (χ2n) is 7.08. The standard InChI is InChI=1S/C23H19N3O5/c1-15(27)25-21(17-6-5-7-18(12-17)26(29)30)14-20(24-25)16-10-11-23(22(28)13-16)31-19-8-3-2-4-9-19/h2-13,21,28H,14H2,1H3. The zero-order valence-electron chi connectivity index (χ0n) is 16.6. The van der Waals surface area contributed by atoms with Crippen LogP contribution in [0.2, 0.25) is 0 Å². The first kappa shape index (κ1) is 20.1. The largest absolute Gasteiger partial charge is 0.504 e. The highest BCUT2D eigenvalue weighted by Crippen LogP contribution is 2.37. The molecular formula is C23H19N3O5. The lowest BCUT2D eigenvalue weighted by Gasteiger charge is -2.20. The van der Waals surface area contributed by atoms with E-state index in [0.717, 1.165) is 0 Å². The third-order valence-electron chi connectivity index (χ3n) is 4.96. The zero-order valence-corrected chi connectivity index (χ0v) is 16.6. The van der Waals surface area contributed by atoms with E-state index in [0.29, 0.717) is 34.8 Å². The molecule has 0 saturated heterocycles. The molecule has 3 aromatic carbocycles. The van der Waals surface area contributed by atoms with Crippen molar-refractivity contribution in [2.45, 2.75) is 19.4 Å². The molecule has 0 aromatic heterocycles. The first-order valence-corrected chi connectivity index (χ1v) is 9.60. The molecule has 0 spiro atoms. The van der Waals surface area contributed by atoms with Crippen LogP contribution in [0.1, 0.15) is 30.5 Å². The van der Waals surface area contributed by atoms with Gasteiger partial charge in [-0.3, -0.25) is 14.9 Å². The monoisotopic (exact) mass is 417 g/mol. The third kappa shape index (κ3) is 4.23. The Hall–Kier alpha value is -4.20. The number of rotatable bonds is 5. The molecule has 0 aliphatic carbocycles. The summed E-state index contributed by atoms with van der Waals surface area (Å²) in [6.07, 6.45) is 0.360. The molecule has 1 heterocycles. The molecular weight excluding hydrogens is 398 g/mol. The Labute approximate surface area is 178 Å². The second kappa shape index (κ2) is 8.27. The third-order valence-corrected chi connectivity index (χ3v) is 4.96. The molecule has 1 atom stereocenters. The number of hydrazone groups is 1. The van der Waals surface area contributed by atoms with Gasteiger partial charge in [-0.2, -0.15) is 5.10 Å². The van der Waals surface area contributed by atoms with Crippen LogP contribution in [-0.4, -0.2) is 26.7 Å². The number of non-ortho nitro benzene ring substituents is 1. The maximum absolute atomic E-state index is 12.2. The normalized spacial score (nSPS) is 15.5. The van der Waals surface area contributed by atoms with Gasteiger partial charge in [0.05, 0.1) is 16.7 Å². The van der Waals surface area contributed by atoms with Crippen molar-refractivity contribution >= 4 is 17.3 Å². The first-order chi connectivity index (χ1) is 14.9. The van der Waals surface area contributed by atoms with Gasteiger partial charge in [-0.15, -0.1) is 0 Å². The Kier molecular flexibility index (Phi) is 5.36. The van der Waals surface area contributed by atoms with E-state index in [-0.39, 0.29) is 17.3 Å². The Morgan fingerprint density at radius 2 is 1.90 bits per heavy atom. The average molecular weight is 417 g/mol. The highest BCUT2D eigenvalue weighted by atomic mass is 16.6. The number of nitro groups is 1. The predicted molar refractivity (Wildman–Crippen MR) is 114 cm³/mol. The maximum atomic E-state index is 12.2. The smallest absolute Gasteiger partial charge is 0.269 e. The predicted octanol–water partition coefficient (Wildman–Crippen LogP) is 4.79. The first-order valence-electron chi connectivity index (χ1n) is 9.60. The lowest BCUT2D eigenvalue weighted by Crippen LogP contribution is -2.24. The van der Waals surface area contributed by atoms with Gasteiger partial charge >= 0.3 is 0 Å². The minimum atomic E-state index is -0.470. The van der Waals surface area contributed by atoms with Gasteiger partial charge in [-0.25, -0.2) is 5.01 Å². The summed E-state index contributed by atoms with van der Waals surface area (Å²) in [6.45, 7) is 1.39. The maximum Gasteiger partial charge on any atom is 0.269 e. The number of phenolic OH excluding ortho intramolecular Hbond substituents is 1. The number of nitro benzene ring substituents is 1. The molecule has 1 aliphatic rings. The summed E-state index contributed by atoms with van der Waals surface area (Å²) < 4.78 is 5.69. The molecule has 8 heteroatoms. The van der Waals surface area contributed by atoms with Crippen molar-refractivity contribution in [2.75, 3.05) is 0 Å². The van der Waals surface area contributed by atoms with E-state index < -0.39 is 11.0 Å². The number of phenols is 1. The number of carbonyl (C=O) groups excluding carboxylic acids is 1. The van der Waals surface area contributed by atoms with Crippen molar-refractivity contribution in [3.8, 4) is 17.2 Å². The summed E-state index contributed by atoms with van der Waals surface area (Å²) in [5, 5.41) is 27.3. The topological polar surface area (TPSA) is 105 Å². The number of aromatic hydroxyl groups is 1. The Bertz CT molecular complexity index is 1180. The molecule has 1 N–H and O–H groups in total. The van der Waals surface area contributed by atoms with Gasteiger partial charge in [0, 0.05) is 31.0 Å². The average Bonchev–Trinajstić information content (AvgIpc) is 3.22. The lowest BCUT2D eigenvalue weighted by atomic mass is 9.98. The fraction of sp³-hybridized carbons (Fsp3) is 0.130. The summed E-state index contributed by atoms with van der Waals surface area (Å²) in [4.78, 5) is 22.8. The fourth-order valence-electron chi connectivity index (χ4n) is 3.48. The van der Waals surface area contributed by atoms with E-state index in [1.807, 2.05) is 18.2 Å². The van der Waals surface area contributed by atoms with Gasteiger partial charge in [-0.05, 0) is 35.9 Å². The van der Waals surface area contributed by atoms with Crippen molar-refractivity contribution in [3.63, 3.8) is 0 Å². The molecule has 0 radical (unpaired) electrons. The number of para-hydroxylation sites is 1. The molecule has 0 saturated carbocycles. The Morgan fingerprint density at radius 3 is 2.58 bits per heavy atom. The quantitative estimate of drug-likeness (QED) is 0.475. The van der Waals surface area contributed by atoms with Gasteiger partial charge in [0.15, 0.2) is 11.5 Å². The summed E-state index contributed by atoms with van der Waals surface area (Å²) in [6, 6.07) is 19.7. The minimum absolute atomic E-state index is 0.0467. The highest BCUT2D eigenvalue weighted by Gasteiger charge is 2.32. The SMILES string of the molecule is CC(=O)N1N=C(c2ccc(Oc3ccccc3)c(O)c2)CC1c1cccc([N+](=O)[O-])c1. The number of nitrogens with zero attached hydrogens (tertiary/aromatic N) is 3. The molecule has 0 bridgehead atoms. The van der Waals surface area contributed by atoms with E-state index in [2.05, 4.69) is 5.10 Å². The molecule has 3 aromatic rings. The van der Waals surface area contributed by atoms with Crippen LogP contribution in [0.15, 0.2) is 77.9 Å². The number of ether oxygens (including phenoxy) is 1. The molecule has 1 aliphatic heterocycles. The van der Waals surface area contributed by atoms with E-state index >= 15 is 0 Å². The number of benzene rings is 3. The summed E-state index contributed by atoms with van der Waals surface area (Å²) in [7, 11) is 0. The van der Waals surface area contributed by atoms with Gasteiger partial charge in [0.1, 0.15) is 5.75 Å². The summed E-state index contributed by atoms with van der Waals surface area (Å²) >= 11 is 0. The molecule has 8 nitrogen and oxygen atoms in total. The Morgan fingerprint density at radius 1 is 1.13 bits per heavy atom. The molecule has 1 unspecified atom stereocenters. The van der Waals surface area contributed by atoms with Gasteiger partial charge in [-0.1, -0.05) is 30.3 Å². The van der Waals surface area contributed by atoms with Crippen molar-refractivity contribution in [1.29, 1.82) is 0 Å². The van der Waals surface area contributed by atoms with Crippen LogP contribution in [0.25, 0.3) is 0 Å². The van der Waals surface area contributed by atoms with Crippen molar-refractivity contribution < 1.29 is 19.6 Å². The van der Waals surface area contributed by atoms with Crippen LogP contribution >= 0.6 is 0 Å². The summed E-state index contributed by atoms with van der Waals surface area (Å²) in [5.74, 6) is 0.557. The number of hydrogen-bond donors (Lipinski definition) is 1. The molecule has 156 valence electrons. The van der Waals surface area contributed by atoms with Crippen molar-refractivity contribution in [3.05, 3.63) is 94.0 Å².